The summed E-state index contributed by atoms with van der Waals surface area (Å²) in [5.74, 6) is 0.869. The van der Waals surface area contributed by atoms with Crippen molar-refractivity contribution in [2.45, 2.75) is 112 Å². The van der Waals surface area contributed by atoms with Gasteiger partial charge in [0.2, 0.25) is 0 Å². The summed E-state index contributed by atoms with van der Waals surface area (Å²) in [6.07, 6.45) is 3.64. The van der Waals surface area contributed by atoms with Crippen molar-refractivity contribution in [1.82, 2.24) is 0 Å². The van der Waals surface area contributed by atoms with Gasteiger partial charge in [0.15, 0.2) is 0 Å². The topological polar surface area (TPSA) is 0 Å². The van der Waals surface area contributed by atoms with Crippen LogP contribution in [0.3, 0.4) is 0 Å². The lowest BCUT2D eigenvalue weighted by molar-refractivity contribution is 0.590. The highest BCUT2D eigenvalue weighted by Crippen LogP contribution is 2.55. The van der Waals surface area contributed by atoms with E-state index in [0.29, 0.717) is 11.8 Å². The highest BCUT2D eigenvalue weighted by molar-refractivity contribution is 7.07. The molecule has 0 amide bonds. The first-order valence-electron chi connectivity index (χ1n) is 17.9. The van der Waals surface area contributed by atoms with Crippen molar-refractivity contribution in [2.75, 3.05) is 0 Å². The second-order valence-electron chi connectivity index (χ2n) is 17.8. The van der Waals surface area contributed by atoms with Crippen LogP contribution in [0.25, 0.3) is 33.5 Å². The Morgan fingerprint density at radius 2 is 1.21 bits per heavy atom. The summed E-state index contributed by atoms with van der Waals surface area (Å²) < 4.78 is 0. The third-order valence-electron chi connectivity index (χ3n) is 11.8. The molecule has 0 nitrogen and oxygen atoms in total. The van der Waals surface area contributed by atoms with E-state index in [4.69, 9.17) is 0 Å². The molecular formula is C46H54Si. The van der Waals surface area contributed by atoms with E-state index in [1.165, 1.54) is 55.6 Å². The SMILES string of the molecule is CC1=Cc2c(cc(C)c(C)c2-c2ccc(C(C)(C)C)cc2)C1c1cc2c3c(-c4ccc(C(C)(C)C)cc4)c1[Si](C)(C)C3=C(C(C)C)C2. The smallest absolute Gasteiger partial charge is 0.0630 e. The first kappa shape index (κ1) is 32.1. The molecule has 7 rings (SSSR count). The molecule has 4 aromatic rings. The summed E-state index contributed by atoms with van der Waals surface area (Å²) in [7, 11) is -1.98. The lowest BCUT2D eigenvalue weighted by Crippen LogP contribution is -2.43. The van der Waals surface area contributed by atoms with Crippen LogP contribution in [0.2, 0.25) is 13.1 Å². The highest BCUT2D eigenvalue weighted by atomic mass is 28.3. The molecule has 0 spiro atoms. The van der Waals surface area contributed by atoms with Crippen molar-refractivity contribution in [1.29, 1.82) is 0 Å². The Morgan fingerprint density at radius 1 is 0.681 bits per heavy atom. The molecule has 1 heterocycles. The van der Waals surface area contributed by atoms with Crippen LogP contribution < -0.4 is 5.19 Å². The molecule has 2 bridgehead atoms. The van der Waals surface area contributed by atoms with E-state index < -0.39 is 8.07 Å². The fourth-order valence-corrected chi connectivity index (χ4v) is 13.3. The molecule has 0 saturated carbocycles. The van der Waals surface area contributed by atoms with Gasteiger partial charge in [-0.1, -0.05) is 146 Å². The summed E-state index contributed by atoms with van der Waals surface area (Å²) in [4.78, 5) is 0. The second kappa shape index (κ2) is 10.5. The average Bonchev–Trinajstić information content (AvgIpc) is 3.59. The van der Waals surface area contributed by atoms with Gasteiger partial charge in [-0.15, -0.1) is 0 Å². The molecule has 1 atom stereocenters. The molecule has 4 aromatic carbocycles. The lowest BCUT2D eigenvalue weighted by atomic mass is 9.81. The summed E-state index contributed by atoms with van der Waals surface area (Å²) in [6.45, 7) is 31.0. The molecule has 0 radical (unpaired) electrons. The van der Waals surface area contributed by atoms with Crippen LogP contribution in [0.5, 0.6) is 0 Å². The van der Waals surface area contributed by atoms with E-state index in [-0.39, 0.29) is 10.8 Å². The van der Waals surface area contributed by atoms with Crippen LogP contribution in [0, 0.1) is 19.8 Å². The zero-order valence-corrected chi connectivity index (χ0v) is 32.2. The summed E-state index contributed by atoms with van der Waals surface area (Å²) in [5, 5.41) is 3.44. The zero-order chi connectivity index (χ0) is 34.0. The predicted molar refractivity (Wildman–Crippen MR) is 209 cm³/mol. The fraction of sp³-hybridized carbons (Fsp3) is 0.391. The summed E-state index contributed by atoms with van der Waals surface area (Å²) in [5.41, 5.74) is 22.5. The number of fused-ring (bicyclic) bond motifs is 2. The van der Waals surface area contributed by atoms with E-state index in [0.717, 1.165) is 6.42 Å². The molecule has 1 heteroatoms. The van der Waals surface area contributed by atoms with Crippen LogP contribution in [0.4, 0.5) is 0 Å². The Bertz CT molecular complexity index is 2010. The van der Waals surface area contributed by atoms with E-state index in [1.54, 1.807) is 38.2 Å². The van der Waals surface area contributed by atoms with Gasteiger partial charge in [0.05, 0.1) is 0 Å². The molecule has 242 valence electrons. The molecule has 1 aliphatic heterocycles. The van der Waals surface area contributed by atoms with Crippen LogP contribution in [0.15, 0.2) is 71.8 Å². The number of allylic oxidation sites excluding steroid dienone is 2. The van der Waals surface area contributed by atoms with Crippen molar-refractivity contribution >= 4 is 24.5 Å². The minimum atomic E-state index is -1.98. The Hall–Kier alpha value is -3.42. The Morgan fingerprint density at radius 3 is 1.72 bits per heavy atom. The molecule has 47 heavy (non-hydrogen) atoms. The number of hydrogen-bond acceptors (Lipinski definition) is 0. The average molecular weight is 635 g/mol. The van der Waals surface area contributed by atoms with Crippen molar-refractivity contribution in [2.24, 2.45) is 5.92 Å². The van der Waals surface area contributed by atoms with Gasteiger partial charge >= 0.3 is 0 Å². The largest absolute Gasteiger partial charge is 0.114 e. The minimum Gasteiger partial charge on any atom is -0.0630 e. The van der Waals surface area contributed by atoms with E-state index in [1.807, 2.05) is 0 Å². The lowest BCUT2D eigenvalue weighted by Gasteiger charge is -2.29. The highest BCUT2D eigenvalue weighted by Gasteiger charge is 2.49. The van der Waals surface area contributed by atoms with E-state index in [2.05, 4.69) is 156 Å². The first-order valence-corrected chi connectivity index (χ1v) is 20.9. The van der Waals surface area contributed by atoms with Gasteiger partial charge in [-0.25, -0.2) is 0 Å². The van der Waals surface area contributed by atoms with Gasteiger partial charge in [0.1, 0.15) is 8.07 Å². The van der Waals surface area contributed by atoms with Crippen LogP contribution >= 0.6 is 0 Å². The number of rotatable bonds is 4. The van der Waals surface area contributed by atoms with Gasteiger partial charge in [0, 0.05) is 5.92 Å². The maximum atomic E-state index is 2.67. The normalized spacial score (nSPS) is 18.0. The van der Waals surface area contributed by atoms with Crippen molar-refractivity contribution in [3.05, 3.63) is 122 Å². The van der Waals surface area contributed by atoms with Crippen LogP contribution in [0.1, 0.15) is 118 Å². The number of hydrogen-bond donors (Lipinski definition) is 0. The van der Waals surface area contributed by atoms with Gasteiger partial charge in [-0.2, -0.15) is 0 Å². The Kier molecular flexibility index (Phi) is 7.21. The maximum absolute atomic E-state index is 2.67. The van der Waals surface area contributed by atoms with E-state index >= 15 is 0 Å². The Balaban J connectivity index is 1.46. The zero-order valence-electron chi connectivity index (χ0n) is 31.2. The van der Waals surface area contributed by atoms with Gasteiger partial charge in [-0.05, 0) is 127 Å². The standard InChI is InChI=1S/C46H54Si/c1-26(2)35-24-32-25-38(44-41(42(32)43(35)47(44,12)13)31-16-20-34(21-17-31)46(9,10)11)39-28(4)23-37-36(39)22-27(3)29(5)40(37)30-14-18-33(19-15-30)45(6,7)8/h14-23,25-26,39H,24H2,1-13H3. The van der Waals surface area contributed by atoms with Crippen molar-refractivity contribution < 1.29 is 0 Å². The van der Waals surface area contributed by atoms with Gasteiger partial charge < -0.3 is 0 Å². The molecule has 3 aliphatic rings. The van der Waals surface area contributed by atoms with Crippen molar-refractivity contribution in [3.8, 4) is 22.3 Å². The second-order valence-corrected chi connectivity index (χ2v) is 22.0. The fourth-order valence-electron chi connectivity index (χ4n) is 9.13. The molecule has 0 N–H and O–H groups in total. The maximum Gasteiger partial charge on any atom is 0.114 e. The van der Waals surface area contributed by atoms with Gasteiger partial charge in [0.25, 0.3) is 0 Å². The third-order valence-corrected chi connectivity index (χ3v) is 15.4. The van der Waals surface area contributed by atoms with Crippen LogP contribution in [-0.2, 0) is 17.3 Å². The predicted octanol–water partition coefficient (Wildman–Crippen LogP) is 12.2. The third kappa shape index (κ3) is 4.82. The summed E-state index contributed by atoms with van der Waals surface area (Å²) >= 11 is 0. The van der Waals surface area contributed by atoms with Gasteiger partial charge in [-0.3, -0.25) is 0 Å². The molecular weight excluding hydrogens is 581 g/mol. The summed E-state index contributed by atoms with van der Waals surface area (Å²) in [6, 6.07) is 24.2. The molecule has 2 aliphatic carbocycles. The molecule has 0 saturated heterocycles. The number of aryl methyl sites for hydroxylation is 1. The molecule has 1 unspecified atom stereocenters. The van der Waals surface area contributed by atoms with Crippen LogP contribution in [-0.4, -0.2) is 8.07 Å². The minimum absolute atomic E-state index is 0.144. The molecule has 0 aromatic heterocycles. The molecule has 0 fully saturated rings. The quantitative estimate of drug-likeness (QED) is 0.196. The monoisotopic (exact) mass is 634 g/mol. The number of benzene rings is 4. The van der Waals surface area contributed by atoms with E-state index in [9.17, 15) is 0 Å². The van der Waals surface area contributed by atoms with Crippen molar-refractivity contribution in [3.63, 3.8) is 0 Å². The first-order chi connectivity index (χ1) is 21.9. The Labute approximate surface area is 286 Å².